The SMILES string of the molecule is COc1cc(C)c(CN2CCN(Cc3ccc(F)cc3)CC2)cc1C. The van der Waals surface area contributed by atoms with Crippen molar-refractivity contribution < 1.29 is 9.13 Å². The fraction of sp³-hybridized carbons (Fsp3) is 0.429. The molecule has 0 atom stereocenters. The molecule has 0 spiro atoms. The fourth-order valence-electron chi connectivity index (χ4n) is 3.43. The molecular formula is C21H27FN2O. The van der Waals surface area contributed by atoms with Gasteiger partial charge in [0.1, 0.15) is 11.6 Å². The van der Waals surface area contributed by atoms with Gasteiger partial charge >= 0.3 is 0 Å². The highest BCUT2D eigenvalue weighted by Crippen LogP contribution is 2.24. The van der Waals surface area contributed by atoms with Crippen LogP contribution in [0.15, 0.2) is 36.4 Å². The molecule has 1 fully saturated rings. The van der Waals surface area contributed by atoms with E-state index in [0.717, 1.165) is 45.0 Å². The molecule has 0 saturated carbocycles. The summed E-state index contributed by atoms with van der Waals surface area (Å²) in [5.74, 6) is 0.795. The lowest BCUT2D eigenvalue weighted by molar-refractivity contribution is 0.122. The number of piperazine rings is 1. The molecule has 0 radical (unpaired) electrons. The molecule has 1 aliphatic heterocycles. The molecule has 134 valence electrons. The summed E-state index contributed by atoms with van der Waals surface area (Å²) in [6.45, 7) is 10.4. The quantitative estimate of drug-likeness (QED) is 0.823. The second-order valence-electron chi connectivity index (χ2n) is 6.93. The molecule has 0 aromatic heterocycles. The molecule has 2 aromatic carbocycles. The van der Waals surface area contributed by atoms with Crippen molar-refractivity contribution in [1.29, 1.82) is 0 Å². The van der Waals surface area contributed by atoms with Gasteiger partial charge in [-0.1, -0.05) is 18.2 Å². The molecule has 25 heavy (non-hydrogen) atoms. The summed E-state index contributed by atoms with van der Waals surface area (Å²) < 4.78 is 18.4. The van der Waals surface area contributed by atoms with Crippen LogP contribution in [0.2, 0.25) is 0 Å². The van der Waals surface area contributed by atoms with E-state index in [1.165, 1.54) is 22.3 Å². The molecule has 4 heteroatoms. The number of benzene rings is 2. The molecule has 1 heterocycles. The number of ether oxygens (including phenoxy) is 1. The summed E-state index contributed by atoms with van der Waals surface area (Å²) in [5.41, 5.74) is 5.04. The third kappa shape index (κ3) is 4.59. The first kappa shape index (κ1) is 17.9. The van der Waals surface area contributed by atoms with Crippen LogP contribution in [0.5, 0.6) is 5.75 Å². The van der Waals surface area contributed by atoms with E-state index in [2.05, 4.69) is 35.8 Å². The summed E-state index contributed by atoms with van der Waals surface area (Å²) in [6.07, 6.45) is 0. The summed E-state index contributed by atoms with van der Waals surface area (Å²) in [4.78, 5) is 4.95. The number of hydrogen-bond acceptors (Lipinski definition) is 3. The minimum absolute atomic E-state index is 0.168. The van der Waals surface area contributed by atoms with Crippen LogP contribution < -0.4 is 4.74 Å². The van der Waals surface area contributed by atoms with Gasteiger partial charge in [-0.15, -0.1) is 0 Å². The second-order valence-corrected chi connectivity index (χ2v) is 6.93. The van der Waals surface area contributed by atoms with E-state index in [0.29, 0.717) is 0 Å². The predicted molar refractivity (Wildman–Crippen MR) is 99.4 cm³/mol. The van der Waals surface area contributed by atoms with Gasteiger partial charge in [0, 0.05) is 39.3 Å². The molecule has 3 rings (SSSR count). The first-order valence-electron chi connectivity index (χ1n) is 8.88. The lowest BCUT2D eigenvalue weighted by Gasteiger charge is -2.35. The van der Waals surface area contributed by atoms with E-state index in [1.807, 2.05) is 12.1 Å². The Hall–Kier alpha value is -1.91. The van der Waals surface area contributed by atoms with Crippen molar-refractivity contribution in [3.63, 3.8) is 0 Å². The van der Waals surface area contributed by atoms with Gasteiger partial charge in [0.05, 0.1) is 7.11 Å². The second kappa shape index (κ2) is 7.98. The average molecular weight is 342 g/mol. The maximum Gasteiger partial charge on any atom is 0.123 e. The molecule has 1 aliphatic rings. The van der Waals surface area contributed by atoms with Gasteiger partial charge in [0.25, 0.3) is 0 Å². The first-order chi connectivity index (χ1) is 12.0. The molecule has 0 aliphatic carbocycles. The summed E-state index contributed by atoms with van der Waals surface area (Å²) in [5, 5.41) is 0. The Morgan fingerprint density at radius 3 is 2.08 bits per heavy atom. The Labute approximate surface area is 150 Å². The predicted octanol–water partition coefficient (Wildman–Crippen LogP) is 3.77. The fourth-order valence-corrected chi connectivity index (χ4v) is 3.43. The van der Waals surface area contributed by atoms with Crippen LogP contribution in [-0.4, -0.2) is 43.1 Å². The maximum absolute atomic E-state index is 13.0. The summed E-state index contributed by atoms with van der Waals surface area (Å²) >= 11 is 0. The van der Waals surface area contributed by atoms with E-state index in [1.54, 1.807) is 19.2 Å². The highest BCUT2D eigenvalue weighted by molar-refractivity contribution is 5.41. The Morgan fingerprint density at radius 2 is 1.48 bits per heavy atom. The van der Waals surface area contributed by atoms with Gasteiger partial charge < -0.3 is 4.74 Å². The standard InChI is InChI=1S/C21H27FN2O/c1-16-13-21(25-3)17(2)12-19(16)15-24-10-8-23(9-11-24)14-18-4-6-20(22)7-5-18/h4-7,12-13H,8-11,14-15H2,1-3H3. The van der Waals surface area contributed by atoms with E-state index in [4.69, 9.17) is 4.74 Å². The van der Waals surface area contributed by atoms with Crippen LogP contribution in [0.4, 0.5) is 4.39 Å². The van der Waals surface area contributed by atoms with E-state index in [9.17, 15) is 4.39 Å². The average Bonchev–Trinajstić information content (AvgIpc) is 2.61. The smallest absolute Gasteiger partial charge is 0.123 e. The molecule has 2 aromatic rings. The minimum Gasteiger partial charge on any atom is -0.496 e. The van der Waals surface area contributed by atoms with E-state index >= 15 is 0 Å². The van der Waals surface area contributed by atoms with Crippen molar-refractivity contribution in [3.8, 4) is 5.75 Å². The number of aryl methyl sites for hydroxylation is 2. The number of nitrogens with zero attached hydrogens (tertiary/aromatic N) is 2. The Kier molecular flexibility index (Phi) is 5.71. The monoisotopic (exact) mass is 342 g/mol. The van der Waals surface area contributed by atoms with E-state index in [-0.39, 0.29) is 5.82 Å². The molecule has 0 unspecified atom stereocenters. The van der Waals surface area contributed by atoms with Crippen molar-refractivity contribution in [1.82, 2.24) is 9.80 Å². The van der Waals surface area contributed by atoms with Gasteiger partial charge in [-0.25, -0.2) is 4.39 Å². The summed E-state index contributed by atoms with van der Waals surface area (Å²) in [6, 6.07) is 11.2. The van der Waals surface area contributed by atoms with Crippen LogP contribution in [-0.2, 0) is 13.1 Å². The van der Waals surface area contributed by atoms with Gasteiger partial charge in [-0.2, -0.15) is 0 Å². The van der Waals surface area contributed by atoms with E-state index < -0.39 is 0 Å². The normalized spacial score (nSPS) is 16.2. The summed E-state index contributed by atoms with van der Waals surface area (Å²) in [7, 11) is 1.72. The molecule has 0 N–H and O–H groups in total. The number of methoxy groups -OCH3 is 1. The maximum atomic E-state index is 13.0. The van der Waals surface area contributed by atoms with Crippen LogP contribution in [0.1, 0.15) is 22.3 Å². The van der Waals surface area contributed by atoms with Gasteiger partial charge in [-0.3, -0.25) is 9.80 Å². The molecule has 3 nitrogen and oxygen atoms in total. The highest BCUT2D eigenvalue weighted by Gasteiger charge is 2.18. The molecular weight excluding hydrogens is 315 g/mol. The lowest BCUT2D eigenvalue weighted by atomic mass is 10.0. The molecule has 1 saturated heterocycles. The third-order valence-corrected chi connectivity index (χ3v) is 5.03. The van der Waals surface area contributed by atoms with Gasteiger partial charge in [0.15, 0.2) is 0 Å². The lowest BCUT2D eigenvalue weighted by Crippen LogP contribution is -2.45. The van der Waals surface area contributed by atoms with Gasteiger partial charge in [-0.05, 0) is 54.3 Å². The largest absolute Gasteiger partial charge is 0.496 e. The zero-order valence-corrected chi connectivity index (χ0v) is 15.4. The van der Waals surface area contributed by atoms with Crippen LogP contribution in [0, 0.1) is 19.7 Å². The number of hydrogen-bond donors (Lipinski definition) is 0. The Morgan fingerprint density at radius 1 is 0.880 bits per heavy atom. The van der Waals surface area contributed by atoms with Crippen molar-refractivity contribution in [2.75, 3.05) is 33.3 Å². The molecule has 0 bridgehead atoms. The number of halogens is 1. The van der Waals surface area contributed by atoms with Crippen molar-refractivity contribution in [2.45, 2.75) is 26.9 Å². The first-order valence-corrected chi connectivity index (χ1v) is 8.88. The minimum atomic E-state index is -0.168. The van der Waals surface area contributed by atoms with Crippen molar-refractivity contribution in [2.24, 2.45) is 0 Å². The zero-order valence-electron chi connectivity index (χ0n) is 15.4. The molecule has 0 amide bonds. The van der Waals surface area contributed by atoms with Crippen LogP contribution in [0.25, 0.3) is 0 Å². The van der Waals surface area contributed by atoms with Crippen molar-refractivity contribution >= 4 is 0 Å². The zero-order chi connectivity index (χ0) is 17.8. The van der Waals surface area contributed by atoms with Crippen LogP contribution in [0.3, 0.4) is 0 Å². The Bertz CT molecular complexity index is 707. The highest BCUT2D eigenvalue weighted by atomic mass is 19.1. The van der Waals surface area contributed by atoms with Crippen molar-refractivity contribution in [3.05, 3.63) is 64.5 Å². The topological polar surface area (TPSA) is 15.7 Å². The van der Waals surface area contributed by atoms with Crippen LogP contribution >= 0.6 is 0 Å². The Balaban J connectivity index is 1.54. The third-order valence-electron chi connectivity index (χ3n) is 5.03. The number of rotatable bonds is 5. The van der Waals surface area contributed by atoms with Gasteiger partial charge in [0.2, 0.25) is 0 Å².